The van der Waals surface area contributed by atoms with Crippen molar-refractivity contribution in [2.75, 3.05) is 0 Å². The minimum Gasteiger partial charge on any atom is -1.00 e. The molecule has 0 N–H and O–H groups in total. The van der Waals surface area contributed by atoms with Crippen LogP contribution < -0.4 is 24.8 Å². The van der Waals surface area contributed by atoms with Gasteiger partial charge in [0.15, 0.2) is 0 Å². The Hall–Kier alpha value is 0.0831. The van der Waals surface area contributed by atoms with Gasteiger partial charge in [-0.1, -0.05) is 0 Å². The van der Waals surface area contributed by atoms with Crippen LogP contribution in [0.4, 0.5) is 0 Å². The zero-order valence-corrected chi connectivity index (χ0v) is 12.4. The van der Waals surface area contributed by atoms with E-state index < -0.39 is 11.8 Å². The minimum absolute atomic E-state index is 0. The molecule has 0 bridgehead atoms. The van der Waals surface area contributed by atoms with Gasteiger partial charge in [0.1, 0.15) is 0 Å². The molecule has 0 radical (unpaired) electrons. The summed E-state index contributed by atoms with van der Waals surface area (Å²) in [6.07, 6.45) is 10.0. The van der Waals surface area contributed by atoms with Crippen LogP contribution in [0.3, 0.4) is 0 Å². The van der Waals surface area contributed by atoms with Gasteiger partial charge in [-0.3, -0.25) is 6.08 Å². The zero-order chi connectivity index (χ0) is 9.40. The first-order chi connectivity index (χ1) is 5.63. The Kier molecular flexibility index (Phi) is 26.8. The van der Waals surface area contributed by atoms with Gasteiger partial charge in [0.25, 0.3) is 0 Å². The number of hydrogen-bond donors (Lipinski definition) is 0. The van der Waals surface area contributed by atoms with E-state index in [1.54, 1.807) is 0 Å². The van der Waals surface area contributed by atoms with E-state index in [0.29, 0.717) is 0 Å². The fraction of sp³-hybridized carbons (Fsp3) is 0.333. The Balaban J connectivity index is -0.0000000687. The maximum Gasteiger partial charge on any atom is 4.00 e. The van der Waals surface area contributed by atoms with Gasteiger partial charge in [-0.05, 0) is 13.8 Å². The Morgan fingerprint density at radius 2 is 1.67 bits per heavy atom. The maximum atomic E-state index is 9.87. The third-order valence-electron chi connectivity index (χ3n) is 0.901. The van der Waals surface area contributed by atoms with E-state index in [1.807, 2.05) is 12.2 Å². The molecule has 0 saturated heterocycles. The van der Waals surface area contributed by atoms with Crippen LogP contribution in [-0.2, 0) is 35.8 Å². The van der Waals surface area contributed by atoms with Crippen molar-refractivity contribution in [3.05, 3.63) is 29.6 Å². The molecule has 1 rings (SSSR count). The van der Waals surface area contributed by atoms with Crippen molar-refractivity contribution in [2.45, 2.75) is 20.3 Å². The van der Waals surface area contributed by atoms with E-state index in [2.05, 4.69) is 17.5 Å². The fourth-order valence-electron chi connectivity index (χ4n) is 0.562. The summed E-state index contributed by atoms with van der Waals surface area (Å²) < 4.78 is 0. The molecular weight excluding hydrogens is 316 g/mol. The smallest absolute Gasteiger partial charge is 1.00 e. The SMILES string of the molecule is CC(=O)[N-]C(C)=O.[C-]1=CC=CC1.[Cl-].[Cl-].[Zr+4]. The summed E-state index contributed by atoms with van der Waals surface area (Å²) in [6.45, 7) is 2.47. The monoisotopic (exact) mass is 325 g/mol. The van der Waals surface area contributed by atoms with Gasteiger partial charge in [-0.15, -0.1) is 6.42 Å². The number of rotatable bonds is 0. The fourth-order valence-corrected chi connectivity index (χ4v) is 0.562. The Morgan fingerprint density at radius 1 is 1.20 bits per heavy atom. The van der Waals surface area contributed by atoms with E-state index in [0.717, 1.165) is 6.42 Å². The molecule has 0 atom stereocenters. The summed E-state index contributed by atoms with van der Waals surface area (Å²) in [6, 6.07) is 0. The molecule has 6 heteroatoms. The molecular formula is C9H11Cl2NO2Zr. The summed E-state index contributed by atoms with van der Waals surface area (Å²) in [5, 5.41) is 3.00. The number of hydrogen-bond acceptors (Lipinski definition) is 2. The third-order valence-corrected chi connectivity index (χ3v) is 0.901. The van der Waals surface area contributed by atoms with Crippen LogP contribution in [0.15, 0.2) is 18.2 Å². The molecule has 0 aromatic heterocycles. The first-order valence-corrected chi connectivity index (χ1v) is 3.57. The van der Waals surface area contributed by atoms with Crippen molar-refractivity contribution < 1.29 is 60.6 Å². The van der Waals surface area contributed by atoms with Crippen LogP contribution >= 0.6 is 0 Å². The van der Waals surface area contributed by atoms with E-state index in [1.165, 1.54) is 13.8 Å². The average Bonchev–Trinajstić information content (AvgIpc) is 2.36. The predicted molar refractivity (Wildman–Crippen MR) is 46.3 cm³/mol. The normalized spacial score (nSPS) is 9.47. The average molecular weight is 327 g/mol. The second kappa shape index (κ2) is 16.5. The summed E-state index contributed by atoms with van der Waals surface area (Å²) in [5.41, 5.74) is 0. The topological polar surface area (TPSA) is 48.2 Å². The van der Waals surface area contributed by atoms with Crippen LogP contribution in [0, 0.1) is 6.08 Å². The Morgan fingerprint density at radius 3 is 1.73 bits per heavy atom. The summed E-state index contributed by atoms with van der Waals surface area (Å²) >= 11 is 0. The molecule has 0 aliphatic heterocycles. The van der Waals surface area contributed by atoms with Crippen LogP contribution in [0.5, 0.6) is 0 Å². The summed E-state index contributed by atoms with van der Waals surface area (Å²) in [4.78, 5) is 19.7. The van der Waals surface area contributed by atoms with Crippen molar-refractivity contribution in [2.24, 2.45) is 0 Å². The molecule has 0 aromatic carbocycles. The number of allylic oxidation sites excluding steroid dienone is 4. The molecule has 2 amide bonds. The minimum atomic E-state index is -0.437. The van der Waals surface area contributed by atoms with E-state index in [-0.39, 0.29) is 51.0 Å². The molecule has 0 aromatic rings. The van der Waals surface area contributed by atoms with Crippen molar-refractivity contribution in [3.63, 3.8) is 0 Å². The summed E-state index contributed by atoms with van der Waals surface area (Å²) in [7, 11) is 0. The number of carbonyl (C=O) groups excluding carboxylic acids is 2. The molecule has 15 heavy (non-hydrogen) atoms. The Labute approximate surface area is 122 Å². The van der Waals surface area contributed by atoms with Crippen molar-refractivity contribution in [1.82, 2.24) is 0 Å². The molecule has 0 unspecified atom stereocenters. The standard InChI is InChI=1S/C5H5.C4H7NO2.2ClH.Zr/c1-2-4-5-3-1;1-3(6)5-4(2)7;;;/h1-3H,4H2;1-2H3,(H,5,6,7);2*1H;/q-1;;;;+4/p-3. The van der Waals surface area contributed by atoms with Crippen molar-refractivity contribution in [3.8, 4) is 0 Å². The van der Waals surface area contributed by atoms with Crippen LogP contribution in [0.25, 0.3) is 5.32 Å². The van der Waals surface area contributed by atoms with Crippen molar-refractivity contribution >= 4 is 11.8 Å². The number of imide groups is 1. The second-order valence-corrected chi connectivity index (χ2v) is 2.15. The molecule has 1 aliphatic carbocycles. The third kappa shape index (κ3) is 24.9. The molecule has 3 nitrogen and oxygen atoms in total. The summed E-state index contributed by atoms with van der Waals surface area (Å²) in [5.74, 6) is -0.875. The zero-order valence-electron chi connectivity index (χ0n) is 8.46. The van der Waals surface area contributed by atoms with Crippen LogP contribution in [0.2, 0.25) is 0 Å². The first-order valence-electron chi connectivity index (χ1n) is 3.57. The predicted octanol–water partition coefficient (Wildman–Crippen LogP) is -4.24. The van der Waals surface area contributed by atoms with Gasteiger partial charge in [0.2, 0.25) is 0 Å². The van der Waals surface area contributed by atoms with Gasteiger partial charge < -0.3 is 39.7 Å². The molecule has 0 fully saturated rings. The Bertz CT molecular complexity index is 208. The number of carbonyl (C=O) groups is 2. The largest absolute Gasteiger partial charge is 4.00 e. The maximum absolute atomic E-state index is 9.87. The number of nitrogens with zero attached hydrogens (tertiary/aromatic N) is 1. The van der Waals surface area contributed by atoms with E-state index >= 15 is 0 Å². The van der Waals surface area contributed by atoms with Crippen molar-refractivity contribution in [1.29, 1.82) is 0 Å². The van der Waals surface area contributed by atoms with Crippen LogP contribution in [-0.4, -0.2) is 11.8 Å². The van der Waals surface area contributed by atoms with Gasteiger partial charge in [-0.25, -0.2) is 12.2 Å². The van der Waals surface area contributed by atoms with Gasteiger partial charge in [0, 0.05) is 0 Å². The molecule has 82 valence electrons. The number of amides is 2. The van der Waals surface area contributed by atoms with Gasteiger partial charge in [0.05, 0.1) is 11.8 Å². The number of halogens is 2. The molecule has 0 heterocycles. The quantitative estimate of drug-likeness (QED) is 0.423. The molecule has 0 saturated carbocycles. The van der Waals surface area contributed by atoms with E-state index in [9.17, 15) is 9.59 Å². The first kappa shape index (κ1) is 24.4. The van der Waals surface area contributed by atoms with Gasteiger partial charge >= 0.3 is 26.2 Å². The molecule has 0 spiro atoms. The second-order valence-electron chi connectivity index (χ2n) is 2.15. The molecule has 1 aliphatic rings. The van der Waals surface area contributed by atoms with Crippen LogP contribution in [0.1, 0.15) is 20.3 Å². The van der Waals surface area contributed by atoms with Gasteiger partial charge in [-0.2, -0.15) is 6.08 Å². The van der Waals surface area contributed by atoms with E-state index in [4.69, 9.17) is 0 Å².